The van der Waals surface area contributed by atoms with Crippen molar-refractivity contribution >= 4 is 25.8 Å². The number of sulfonamides is 1. The Morgan fingerprint density at radius 2 is 1.77 bits per heavy atom. The molecule has 31 heavy (non-hydrogen) atoms. The Balaban J connectivity index is 1.47. The first kappa shape index (κ1) is 23.2. The molecule has 1 N–H and O–H groups in total. The van der Waals surface area contributed by atoms with E-state index in [-0.39, 0.29) is 35.9 Å². The molecule has 0 aromatic heterocycles. The first-order chi connectivity index (χ1) is 14.7. The van der Waals surface area contributed by atoms with Crippen molar-refractivity contribution in [1.29, 1.82) is 0 Å². The normalized spacial score (nSPS) is 14.6. The Labute approximate surface area is 183 Å². The molecule has 8 nitrogen and oxygen atoms in total. The van der Waals surface area contributed by atoms with Gasteiger partial charge in [-0.3, -0.25) is 4.79 Å². The Morgan fingerprint density at radius 1 is 1.03 bits per heavy atom. The highest BCUT2D eigenvalue weighted by Gasteiger charge is 2.27. The summed E-state index contributed by atoms with van der Waals surface area (Å²) in [6.07, 6.45) is 0.367. The summed E-state index contributed by atoms with van der Waals surface area (Å²) in [6.45, 7) is 0.579. The molecule has 0 unspecified atom stereocenters. The number of benzene rings is 2. The van der Waals surface area contributed by atoms with Gasteiger partial charge in [-0.15, -0.1) is 0 Å². The molecule has 10 heteroatoms. The van der Waals surface area contributed by atoms with E-state index in [4.69, 9.17) is 4.74 Å². The average Bonchev–Trinajstić information content (AvgIpc) is 2.77. The minimum absolute atomic E-state index is 0.0709. The molecule has 1 aliphatic rings. The number of carbonyl (C=O) groups excluding carboxylic acids is 1. The summed E-state index contributed by atoms with van der Waals surface area (Å²) in [5.74, 6) is -0.324. The minimum Gasteiger partial charge on any atom is -0.497 e. The SMILES string of the molecule is COc1ccc2c(c1)CCN(S(=O)(=O)CCNC(=O)CCS(=O)(=O)c1ccccc1)C2. The second-order valence-corrected chi connectivity index (χ2v) is 11.5. The molecule has 168 valence electrons. The molecule has 0 bridgehead atoms. The lowest BCUT2D eigenvalue weighted by molar-refractivity contribution is -0.120. The number of ether oxygens (including phenoxy) is 1. The first-order valence-corrected chi connectivity index (χ1v) is 13.2. The molecule has 0 fully saturated rings. The van der Waals surface area contributed by atoms with Crippen LogP contribution in [-0.2, 0) is 37.6 Å². The predicted octanol–water partition coefficient (Wildman–Crippen LogP) is 1.36. The summed E-state index contributed by atoms with van der Waals surface area (Å²) >= 11 is 0. The van der Waals surface area contributed by atoms with Crippen LogP contribution >= 0.6 is 0 Å². The molecule has 2 aromatic carbocycles. The number of hydrogen-bond donors (Lipinski definition) is 1. The number of amides is 1. The maximum Gasteiger partial charge on any atom is 0.221 e. The average molecular weight is 467 g/mol. The van der Waals surface area contributed by atoms with Gasteiger partial charge < -0.3 is 10.1 Å². The van der Waals surface area contributed by atoms with E-state index in [1.54, 1.807) is 31.4 Å². The molecule has 0 radical (unpaired) electrons. The van der Waals surface area contributed by atoms with Gasteiger partial charge in [-0.25, -0.2) is 16.8 Å². The van der Waals surface area contributed by atoms with Gasteiger partial charge in [0.2, 0.25) is 15.9 Å². The number of methoxy groups -OCH3 is 1. The van der Waals surface area contributed by atoms with Gasteiger partial charge in [0.15, 0.2) is 9.84 Å². The second-order valence-electron chi connectivity index (χ2n) is 7.27. The highest BCUT2D eigenvalue weighted by molar-refractivity contribution is 7.91. The molecule has 0 saturated carbocycles. The van der Waals surface area contributed by atoms with Crippen LogP contribution in [0.5, 0.6) is 5.75 Å². The number of rotatable bonds is 9. The fourth-order valence-electron chi connectivity index (χ4n) is 3.38. The van der Waals surface area contributed by atoms with Gasteiger partial charge in [0.1, 0.15) is 5.75 Å². The maximum atomic E-state index is 12.7. The highest BCUT2D eigenvalue weighted by Crippen LogP contribution is 2.25. The zero-order valence-corrected chi connectivity index (χ0v) is 18.9. The second kappa shape index (κ2) is 9.80. The molecular weight excluding hydrogens is 440 g/mol. The van der Waals surface area contributed by atoms with Crippen molar-refractivity contribution in [2.24, 2.45) is 0 Å². The van der Waals surface area contributed by atoms with E-state index in [1.807, 2.05) is 12.1 Å². The maximum absolute atomic E-state index is 12.7. The predicted molar refractivity (Wildman–Crippen MR) is 117 cm³/mol. The van der Waals surface area contributed by atoms with E-state index in [1.165, 1.54) is 16.4 Å². The van der Waals surface area contributed by atoms with Crippen molar-refractivity contribution < 1.29 is 26.4 Å². The molecule has 0 saturated heterocycles. The summed E-state index contributed by atoms with van der Waals surface area (Å²) < 4.78 is 56.4. The van der Waals surface area contributed by atoms with Crippen LogP contribution in [0.2, 0.25) is 0 Å². The Hall–Kier alpha value is -2.43. The van der Waals surface area contributed by atoms with Gasteiger partial charge in [0, 0.05) is 26.1 Å². The topological polar surface area (TPSA) is 110 Å². The van der Waals surface area contributed by atoms with E-state index in [0.717, 1.165) is 16.9 Å². The zero-order chi connectivity index (χ0) is 22.5. The lowest BCUT2D eigenvalue weighted by atomic mass is 10.0. The minimum atomic E-state index is -3.56. The molecule has 2 aromatic rings. The number of fused-ring (bicyclic) bond motifs is 1. The van der Waals surface area contributed by atoms with Gasteiger partial charge in [0.05, 0.1) is 23.5 Å². The van der Waals surface area contributed by atoms with Crippen LogP contribution in [0.15, 0.2) is 53.4 Å². The van der Waals surface area contributed by atoms with E-state index < -0.39 is 25.8 Å². The van der Waals surface area contributed by atoms with Crippen molar-refractivity contribution in [2.75, 3.05) is 31.7 Å². The number of nitrogens with one attached hydrogen (secondary N) is 1. The summed E-state index contributed by atoms with van der Waals surface area (Å²) in [5, 5.41) is 2.51. The van der Waals surface area contributed by atoms with Crippen molar-refractivity contribution in [1.82, 2.24) is 9.62 Å². The lowest BCUT2D eigenvalue weighted by Crippen LogP contribution is -2.40. The lowest BCUT2D eigenvalue weighted by Gasteiger charge is -2.28. The highest BCUT2D eigenvalue weighted by atomic mass is 32.2. The van der Waals surface area contributed by atoms with Crippen molar-refractivity contribution in [3.63, 3.8) is 0 Å². The number of sulfone groups is 1. The van der Waals surface area contributed by atoms with E-state index in [9.17, 15) is 21.6 Å². The van der Waals surface area contributed by atoms with Crippen LogP contribution < -0.4 is 10.1 Å². The molecule has 0 spiro atoms. The van der Waals surface area contributed by atoms with Gasteiger partial charge in [-0.1, -0.05) is 24.3 Å². The molecule has 1 aliphatic heterocycles. The monoisotopic (exact) mass is 466 g/mol. The quantitative estimate of drug-likeness (QED) is 0.598. The summed E-state index contributed by atoms with van der Waals surface area (Å²) in [4.78, 5) is 12.2. The van der Waals surface area contributed by atoms with Crippen molar-refractivity contribution in [2.45, 2.75) is 24.3 Å². The van der Waals surface area contributed by atoms with Crippen LogP contribution in [-0.4, -0.2) is 58.8 Å². The van der Waals surface area contributed by atoms with E-state index in [0.29, 0.717) is 13.0 Å². The largest absolute Gasteiger partial charge is 0.497 e. The summed E-state index contributed by atoms with van der Waals surface area (Å²) in [5.41, 5.74) is 2.00. The van der Waals surface area contributed by atoms with Gasteiger partial charge in [0.25, 0.3) is 0 Å². The van der Waals surface area contributed by atoms with Crippen LogP contribution in [0.3, 0.4) is 0 Å². The zero-order valence-electron chi connectivity index (χ0n) is 17.3. The first-order valence-electron chi connectivity index (χ1n) is 9.89. The van der Waals surface area contributed by atoms with Gasteiger partial charge in [-0.05, 0) is 41.8 Å². The molecule has 0 aliphatic carbocycles. The molecule has 0 atom stereocenters. The fourth-order valence-corrected chi connectivity index (χ4v) is 5.96. The van der Waals surface area contributed by atoms with Crippen LogP contribution in [0.1, 0.15) is 17.5 Å². The molecule has 1 amide bonds. The van der Waals surface area contributed by atoms with Crippen molar-refractivity contribution in [3.05, 3.63) is 59.7 Å². The van der Waals surface area contributed by atoms with Crippen LogP contribution in [0.4, 0.5) is 0 Å². The smallest absolute Gasteiger partial charge is 0.221 e. The van der Waals surface area contributed by atoms with Crippen LogP contribution in [0, 0.1) is 0 Å². The standard InChI is InChI=1S/C21H26N2O6S2/c1-29-19-8-7-18-16-23(12-9-17(18)15-19)31(27,28)14-11-22-21(24)10-13-30(25,26)20-5-3-2-4-6-20/h2-8,15H,9-14,16H2,1H3,(H,22,24). The number of carbonyl (C=O) groups is 1. The summed E-state index contributed by atoms with van der Waals surface area (Å²) in [7, 11) is -5.52. The van der Waals surface area contributed by atoms with Gasteiger partial charge >= 0.3 is 0 Å². The third-order valence-corrected chi connectivity index (χ3v) is 8.72. The fraction of sp³-hybridized carbons (Fsp3) is 0.381. The molecular formula is C21H26N2O6S2. The third kappa shape index (κ3) is 6.05. The number of nitrogens with zero attached hydrogens (tertiary/aromatic N) is 1. The Bertz CT molecular complexity index is 1130. The van der Waals surface area contributed by atoms with E-state index >= 15 is 0 Å². The molecule has 1 heterocycles. The Kier molecular flexibility index (Phi) is 7.34. The molecule has 3 rings (SSSR count). The van der Waals surface area contributed by atoms with E-state index in [2.05, 4.69) is 5.32 Å². The van der Waals surface area contributed by atoms with Crippen LogP contribution in [0.25, 0.3) is 0 Å². The van der Waals surface area contributed by atoms with Gasteiger partial charge in [-0.2, -0.15) is 4.31 Å². The summed E-state index contributed by atoms with van der Waals surface area (Å²) in [6, 6.07) is 13.5. The third-order valence-electron chi connectivity index (χ3n) is 5.17. The Morgan fingerprint density at radius 3 is 2.48 bits per heavy atom. The van der Waals surface area contributed by atoms with Crippen molar-refractivity contribution in [3.8, 4) is 5.75 Å². The number of hydrogen-bond acceptors (Lipinski definition) is 6.